The predicted molar refractivity (Wildman–Crippen MR) is 110 cm³/mol. The zero-order valence-corrected chi connectivity index (χ0v) is 16.8. The Balaban J connectivity index is 1.83. The van der Waals surface area contributed by atoms with Gasteiger partial charge in [-0.15, -0.1) is 11.8 Å². The average molecular weight is 402 g/mol. The molecule has 3 rings (SSSR count). The highest BCUT2D eigenvalue weighted by Gasteiger charge is 2.38. The number of methoxy groups -OCH3 is 1. The van der Waals surface area contributed by atoms with Crippen LogP contribution in [0.4, 0.5) is 0 Å². The summed E-state index contributed by atoms with van der Waals surface area (Å²) in [6.45, 7) is 2.31. The van der Waals surface area contributed by atoms with Crippen LogP contribution in [-0.4, -0.2) is 36.1 Å². The van der Waals surface area contributed by atoms with E-state index in [1.165, 1.54) is 16.7 Å². The first-order valence-electron chi connectivity index (χ1n) is 8.67. The van der Waals surface area contributed by atoms with Crippen LogP contribution in [0.5, 0.6) is 5.75 Å². The van der Waals surface area contributed by atoms with Gasteiger partial charge < -0.3 is 4.74 Å². The fraction of sp³-hybridized carbons (Fsp3) is 0.238. The summed E-state index contributed by atoms with van der Waals surface area (Å²) in [4.78, 5) is 27.7. The molecule has 0 saturated heterocycles. The Labute approximate surface area is 168 Å². The van der Waals surface area contributed by atoms with E-state index in [2.05, 4.69) is 0 Å². The largest absolute Gasteiger partial charge is 0.497 e. The van der Waals surface area contributed by atoms with E-state index in [9.17, 15) is 9.59 Å². The second-order valence-electron chi connectivity index (χ2n) is 6.00. The van der Waals surface area contributed by atoms with Crippen LogP contribution in [0.1, 0.15) is 18.1 Å². The fourth-order valence-corrected chi connectivity index (χ4v) is 3.94. The number of imide groups is 1. The van der Waals surface area contributed by atoms with Gasteiger partial charge in [-0.25, -0.2) is 0 Å². The van der Waals surface area contributed by atoms with Crippen molar-refractivity contribution in [2.45, 2.75) is 13.3 Å². The standard InChI is InChI=1S/C21H20ClNO3S/c1-3-27-19-18(15-6-10-17(26-2)11-7-15)20(24)23(21(19)25)13-12-14-4-8-16(22)9-5-14/h4-11H,3,12-13H2,1-2H3. The molecule has 0 aliphatic carbocycles. The summed E-state index contributed by atoms with van der Waals surface area (Å²) in [6, 6.07) is 14.7. The maximum atomic E-state index is 13.0. The van der Waals surface area contributed by atoms with Crippen molar-refractivity contribution in [3.8, 4) is 5.75 Å². The Morgan fingerprint density at radius 2 is 1.67 bits per heavy atom. The zero-order valence-electron chi connectivity index (χ0n) is 15.2. The third-order valence-electron chi connectivity index (χ3n) is 4.33. The van der Waals surface area contributed by atoms with Gasteiger partial charge in [0.15, 0.2) is 0 Å². The smallest absolute Gasteiger partial charge is 0.267 e. The molecule has 0 radical (unpaired) electrons. The van der Waals surface area contributed by atoms with Crippen LogP contribution in [0.15, 0.2) is 53.4 Å². The summed E-state index contributed by atoms with van der Waals surface area (Å²) in [5.41, 5.74) is 2.24. The molecule has 27 heavy (non-hydrogen) atoms. The van der Waals surface area contributed by atoms with Gasteiger partial charge in [-0.05, 0) is 47.6 Å². The van der Waals surface area contributed by atoms with Crippen LogP contribution in [0, 0.1) is 0 Å². The average Bonchev–Trinajstić information content (AvgIpc) is 2.92. The molecule has 0 N–H and O–H groups in total. The van der Waals surface area contributed by atoms with Crippen molar-refractivity contribution < 1.29 is 14.3 Å². The Bertz CT molecular complexity index is 875. The van der Waals surface area contributed by atoms with Gasteiger partial charge in [0.05, 0.1) is 17.6 Å². The summed E-state index contributed by atoms with van der Waals surface area (Å²) in [5.74, 6) is 0.973. The van der Waals surface area contributed by atoms with Gasteiger partial charge in [-0.1, -0.05) is 42.8 Å². The van der Waals surface area contributed by atoms with E-state index in [-0.39, 0.29) is 11.8 Å². The summed E-state index contributed by atoms with van der Waals surface area (Å²) in [6.07, 6.45) is 0.592. The van der Waals surface area contributed by atoms with Gasteiger partial charge in [0.1, 0.15) is 5.75 Å². The highest BCUT2D eigenvalue weighted by Crippen LogP contribution is 2.36. The third kappa shape index (κ3) is 4.20. The van der Waals surface area contributed by atoms with Crippen LogP contribution in [0.25, 0.3) is 5.57 Å². The third-order valence-corrected chi connectivity index (χ3v) is 5.54. The highest BCUT2D eigenvalue weighted by atomic mass is 35.5. The predicted octanol–water partition coefficient (Wildman–Crippen LogP) is 4.42. The van der Waals surface area contributed by atoms with Crippen molar-refractivity contribution in [3.63, 3.8) is 0 Å². The number of ether oxygens (including phenoxy) is 1. The van der Waals surface area contributed by atoms with Gasteiger partial charge in [0.25, 0.3) is 11.8 Å². The van der Waals surface area contributed by atoms with Gasteiger partial charge in [0.2, 0.25) is 0 Å². The molecule has 0 spiro atoms. The summed E-state index contributed by atoms with van der Waals surface area (Å²) < 4.78 is 5.18. The minimum absolute atomic E-state index is 0.216. The maximum absolute atomic E-state index is 13.0. The van der Waals surface area contributed by atoms with Crippen molar-refractivity contribution in [2.75, 3.05) is 19.4 Å². The molecule has 0 unspecified atom stereocenters. The van der Waals surface area contributed by atoms with Gasteiger partial charge in [-0.3, -0.25) is 14.5 Å². The number of benzene rings is 2. The quantitative estimate of drug-likeness (QED) is 0.644. The van der Waals surface area contributed by atoms with E-state index in [4.69, 9.17) is 16.3 Å². The lowest BCUT2D eigenvalue weighted by Crippen LogP contribution is -2.33. The molecule has 4 nitrogen and oxygen atoms in total. The second-order valence-corrected chi connectivity index (χ2v) is 7.71. The molecule has 0 saturated carbocycles. The van der Waals surface area contributed by atoms with Crippen molar-refractivity contribution in [1.29, 1.82) is 0 Å². The first-order valence-corrected chi connectivity index (χ1v) is 10.0. The lowest BCUT2D eigenvalue weighted by Gasteiger charge is -2.15. The molecule has 2 aromatic carbocycles. The number of hydrogen-bond acceptors (Lipinski definition) is 4. The molecule has 6 heteroatoms. The van der Waals surface area contributed by atoms with Crippen molar-refractivity contribution in [2.24, 2.45) is 0 Å². The first-order chi connectivity index (χ1) is 13.0. The van der Waals surface area contributed by atoms with Gasteiger partial charge in [-0.2, -0.15) is 0 Å². The molecule has 0 atom stereocenters. The number of rotatable bonds is 7. The van der Waals surface area contributed by atoms with E-state index in [0.717, 1.165) is 16.9 Å². The van der Waals surface area contributed by atoms with Crippen molar-refractivity contribution in [1.82, 2.24) is 4.90 Å². The highest BCUT2D eigenvalue weighted by molar-refractivity contribution is 8.04. The molecule has 2 aromatic rings. The molecule has 1 heterocycles. The summed E-state index contributed by atoms with van der Waals surface area (Å²) >= 11 is 7.32. The molecule has 1 aliphatic rings. The minimum atomic E-state index is -0.241. The molecular weight excluding hydrogens is 382 g/mol. The molecule has 0 fully saturated rings. The van der Waals surface area contributed by atoms with Crippen molar-refractivity contribution in [3.05, 3.63) is 69.6 Å². The molecule has 0 aromatic heterocycles. The number of carbonyl (C=O) groups excluding carboxylic acids is 2. The Hall–Kier alpha value is -2.24. The minimum Gasteiger partial charge on any atom is -0.497 e. The molecule has 2 amide bonds. The van der Waals surface area contributed by atoms with Gasteiger partial charge in [0, 0.05) is 11.6 Å². The molecule has 140 valence electrons. The summed E-state index contributed by atoms with van der Waals surface area (Å²) in [5, 5.41) is 0.664. The van der Waals surface area contributed by atoms with E-state index < -0.39 is 0 Å². The number of nitrogens with zero attached hydrogens (tertiary/aromatic N) is 1. The molecular formula is C21H20ClNO3S. The normalized spacial score (nSPS) is 14.3. The Morgan fingerprint density at radius 1 is 1.00 bits per heavy atom. The number of halogens is 1. The Kier molecular flexibility index (Phi) is 6.24. The van der Waals surface area contributed by atoms with E-state index in [0.29, 0.717) is 34.2 Å². The van der Waals surface area contributed by atoms with Crippen molar-refractivity contribution >= 4 is 40.8 Å². The fourth-order valence-electron chi connectivity index (χ4n) is 2.94. The van der Waals surface area contributed by atoms with E-state index in [1.807, 2.05) is 43.3 Å². The van der Waals surface area contributed by atoms with E-state index >= 15 is 0 Å². The van der Waals surface area contributed by atoms with Gasteiger partial charge >= 0.3 is 0 Å². The lowest BCUT2D eigenvalue weighted by molar-refractivity contribution is -0.136. The monoisotopic (exact) mass is 401 g/mol. The van der Waals surface area contributed by atoms with Crippen LogP contribution in [0.2, 0.25) is 5.02 Å². The lowest BCUT2D eigenvalue weighted by atomic mass is 10.1. The summed E-state index contributed by atoms with van der Waals surface area (Å²) in [7, 11) is 1.59. The maximum Gasteiger partial charge on any atom is 0.267 e. The zero-order chi connectivity index (χ0) is 19.4. The van der Waals surface area contributed by atoms with Crippen LogP contribution in [-0.2, 0) is 16.0 Å². The Morgan fingerprint density at radius 3 is 2.26 bits per heavy atom. The van der Waals surface area contributed by atoms with E-state index in [1.54, 1.807) is 19.2 Å². The van der Waals surface area contributed by atoms with Crippen LogP contribution >= 0.6 is 23.4 Å². The SMILES string of the molecule is CCSC1=C(c2ccc(OC)cc2)C(=O)N(CCc2ccc(Cl)cc2)C1=O. The number of amides is 2. The van der Waals surface area contributed by atoms with Crippen LogP contribution in [0.3, 0.4) is 0 Å². The molecule has 0 bridgehead atoms. The number of carbonyl (C=O) groups is 2. The second kappa shape index (κ2) is 8.63. The first kappa shape index (κ1) is 19.5. The number of hydrogen-bond donors (Lipinski definition) is 0. The number of thioether (sulfide) groups is 1. The van der Waals surface area contributed by atoms with Crippen LogP contribution < -0.4 is 4.74 Å². The molecule has 1 aliphatic heterocycles. The topological polar surface area (TPSA) is 46.6 Å².